The molecule has 1 saturated carbocycles. The molecule has 0 saturated heterocycles. The summed E-state index contributed by atoms with van der Waals surface area (Å²) in [6, 6.07) is 14.3. The molecular weight excluding hydrogens is 352 g/mol. The summed E-state index contributed by atoms with van der Waals surface area (Å²) in [5.41, 5.74) is 1.17. The average molecular weight is 373 g/mol. The van der Waals surface area contributed by atoms with E-state index in [0.29, 0.717) is 28.6 Å². The van der Waals surface area contributed by atoms with Crippen LogP contribution < -0.4 is 15.4 Å². The Labute approximate surface area is 157 Å². The molecule has 3 rings (SSSR count). The molecule has 0 aromatic heterocycles. The lowest BCUT2D eigenvalue weighted by molar-refractivity contribution is -0.122. The van der Waals surface area contributed by atoms with Crippen molar-refractivity contribution in [3.63, 3.8) is 0 Å². The fourth-order valence-corrected chi connectivity index (χ4v) is 2.90. The van der Waals surface area contributed by atoms with Crippen LogP contribution in [0.5, 0.6) is 5.75 Å². The van der Waals surface area contributed by atoms with E-state index in [1.54, 1.807) is 30.3 Å². The molecule has 1 fully saturated rings. The molecule has 2 amide bonds. The lowest BCUT2D eigenvalue weighted by Gasteiger charge is -2.14. The van der Waals surface area contributed by atoms with Gasteiger partial charge in [0.05, 0.1) is 34.3 Å². The molecule has 2 N–H and O–H groups in total. The summed E-state index contributed by atoms with van der Waals surface area (Å²) >= 11 is 6.05. The molecule has 136 valence electrons. The van der Waals surface area contributed by atoms with Crippen LogP contribution in [0.25, 0.3) is 0 Å². The van der Waals surface area contributed by atoms with Crippen LogP contribution in [-0.4, -0.2) is 17.9 Å². The summed E-state index contributed by atoms with van der Waals surface area (Å²) in [5.74, 6) is -0.434. The Bertz CT molecular complexity index is 822. The van der Waals surface area contributed by atoms with E-state index in [9.17, 15) is 9.59 Å². The second kappa shape index (κ2) is 7.79. The molecule has 2 aromatic rings. The summed E-state index contributed by atoms with van der Waals surface area (Å²) < 4.78 is 5.70. The van der Waals surface area contributed by atoms with Crippen molar-refractivity contribution in [3.05, 3.63) is 53.6 Å². The molecule has 2 unspecified atom stereocenters. The van der Waals surface area contributed by atoms with Crippen molar-refractivity contribution < 1.29 is 14.3 Å². The number of hydrogen-bond acceptors (Lipinski definition) is 3. The quantitative estimate of drug-likeness (QED) is 0.792. The molecule has 0 radical (unpaired) electrons. The van der Waals surface area contributed by atoms with Crippen molar-refractivity contribution in [2.24, 2.45) is 11.8 Å². The molecule has 5 nitrogen and oxygen atoms in total. The van der Waals surface area contributed by atoms with Gasteiger partial charge in [0, 0.05) is 0 Å². The van der Waals surface area contributed by atoms with Gasteiger partial charge in [0.25, 0.3) is 0 Å². The normalized spacial score (nSPS) is 18.3. The van der Waals surface area contributed by atoms with Crippen molar-refractivity contribution in [2.45, 2.75) is 26.4 Å². The zero-order chi connectivity index (χ0) is 18.7. The van der Waals surface area contributed by atoms with Gasteiger partial charge in [-0.1, -0.05) is 35.9 Å². The fourth-order valence-electron chi connectivity index (χ4n) is 2.71. The maximum atomic E-state index is 12.5. The van der Waals surface area contributed by atoms with Gasteiger partial charge >= 0.3 is 0 Å². The summed E-state index contributed by atoms with van der Waals surface area (Å²) in [4.78, 5) is 24.8. The van der Waals surface area contributed by atoms with Gasteiger partial charge in [0.1, 0.15) is 5.75 Å². The minimum atomic E-state index is -0.343. The van der Waals surface area contributed by atoms with Gasteiger partial charge in [-0.2, -0.15) is 0 Å². The molecule has 0 aliphatic heterocycles. The first-order valence-electron chi connectivity index (χ1n) is 8.57. The Morgan fingerprint density at radius 1 is 0.962 bits per heavy atom. The van der Waals surface area contributed by atoms with E-state index in [-0.39, 0.29) is 29.8 Å². The third-order valence-electron chi connectivity index (χ3n) is 4.10. The van der Waals surface area contributed by atoms with Crippen LogP contribution in [0.15, 0.2) is 48.5 Å². The average Bonchev–Trinajstić information content (AvgIpc) is 3.39. The smallest absolute Gasteiger partial charge is 0.228 e. The summed E-state index contributed by atoms with van der Waals surface area (Å²) in [6.07, 6.45) is 0.526. The Morgan fingerprint density at radius 2 is 1.50 bits per heavy atom. The van der Waals surface area contributed by atoms with Crippen LogP contribution in [0, 0.1) is 11.8 Å². The van der Waals surface area contributed by atoms with Gasteiger partial charge in [-0.25, -0.2) is 0 Å². The van der Waals surface area contributed by atoms with Gasteiger partial charge < -0.3 is 15.4 Å². The molecule has 0 heterocycles. The molecule has 6 heteroatoms. The van der Waals surface area contributed by atoms with E-state index in [1.165, 1.54) is 0 Å². The SMILES string of the molecule is CC(C)Oc1ccccc1NC(=O)C1CC1C(=O)Nc1ccccc1Cl. The van der Waals surface area contributed by atoms with Crippen molar-refractivity contribution in [1.29, 1.82) is 0 Å². The molecule has 0 spiro atoms. The number of halogens is 1. The van der Waals surface area contributed by atoms with Crippen LogP contribution in [0.2, 0.25) is 5.02 Å². The highest BCUT2D eigenvalue weighted by molar-refractivity contribution is 6.33. The minimum absolute atomic E-state index is 0.00289. The number of ether oxygens (including phenoxy) is 1. The molecular formula is C20H21ClN2O3. The number of carbonyl (C=O) groups excluding carboxylic acids is 2. The molecule has 2 aromatic carbocycles. The highest BCUT2D eigenvalue weighted by Crippen LogP contribution is 2.41. The number of rotatable bonds is 6. The van der Waals surface area contributed by atoms with Crippen LogP contribution in [0.1, 0.15) is 20.3 Å². The second-order valence-electron chi connectivity index (χ2n) is 6.57. The van der Waals surface area contributed by atoms with Crippen molar-refractivity contribution in [1.82, 2.24) is 0 Å². The van der Waals surface area contributed by atoms with E-state index >= 15 is 0 Å². The number of carbonyl (C=O) groups is 2. The monoisotopic (exact) mass is 372 g/mol. The van der Waals surface area contributed by atoms with E-state index in [1.807, 2.05) is 32.0 Å². The van der Waals surface area contributed by atoms with Crippen LogP contribution in [0.3, 0.4) is 0 Å². The number of nitrogens with one attached hydrogen (secondary N) is 2. The highest BCUT2D eigenvalue weighted by Gasteiger charge is 2.48. The molecule has 1 aliphatic rings. The number of anilines is 2. The number of hydrogen-bond donors (Lipinski definition) is 2. The molecule has 1 aliphatic carbocycles. The predicted molar refractivity (Wildman–Crippen MR) is 103 cm³/mol. The summed E-state index contributed by atoms with van der Waals surface area (Å²) in [6.45, 7) is 3.85. The lowest BCUT2D eigenvalue weighted by Crippen LogP contribution is -2.21. The maximum Gasteiger partial charge on any atom is 0.228 e. The van der Waals surface area contributed by atoms with Crippen LogP contribution >= 0.6 is 11.6 Å². The van der Waals surface area contributed by atoms with Crippen LogP contribution in [0.4, 0.5) is 11.4 Å². The first kappa shape index (κ1) is 18.3. The van der Waals surface area contributed by atoms with E-state index in [0.717, 1.165) is 0 Å². The summed E-state index contributed by atoms with van der Waals surface area (Å²) in [5, 5.41) is 6.13. The Balaban J connectivity index is 1.59. The minimum Gasteiger partial charge on any atom is -0.489 e. The van der Waals surface area contributed by atoms with Gasteiger partial charge in [-0.05, 0) is 44.5 Å². The third kappa shape index (κ3) is 4.35. The number of para-hydroxylation sites is 3. The zero-order valence-electron chi connectivity index (χ0n) is 14.7. The fraction of sp³-hybridized carbons (Fsp3) is 0.300. The second-order valence-corrected chi connectivity index (χ2v) is 6.98. The maximum absolute atomic E-state index is 12.5. The van der Waals surface area contributed by atoms with Gasteiger partial charge in [0.15, 0.2) is 0 Å². The van der Waals surface area contributed by atoms with E-state index in [2.05, 4.69) is 10.6 Å². The largest absolute Gasteiger partial charge is 0.489 e. The van der Waals surface area contributed by atoms with E-state index < -0.39 is 0 Å². The van der Waals surface area contributed by atoms with Gasteiger partial charge in [-0.3, -0.25) is 9.59 Å². The van der Waals surface area contributed by atoms with Crippen molar-refractivity contribution in [3.8, 4) is 5.75 Å². The van der Waals surface area contributed by atoms with E-state index in [4.69, 9.17) is 16.3 Å². The first-order valence-corrected chi connectivity index (χ1v) is 8.95. The van der Waals surface area contributed by atoms with Gasteiger partial charge in [0.2, 0.25) is 11.8 Å². The summed E-state index contributed by atoms with van der Waals surface area (Å²) in [7, 11) is 0. The van der Waals surface area contributed by atoms with Crippen molar-refractivity contribution in [2.75, 3.05) is 10.6 Å². The highest BCUT2D eigenvalue weighted by atomic mass is 35.5. The Hall–Kier alpha value is -2.53. The Morgan fingerprint density at radius 3 is 2.12 bits per heavy atom. The molecule has 2 atom stereocenters. The van der Waals surface area contributed by atoms with Gasteiger partial charge in [-0.15, -0.1) is 0 Å². The molecule has 0 bridgehead atoms. The number of benzene rings is 2. The Kier molecular flexibility index (Phi) is 5.47. The zero-order valence-corrected chi connectivity index (χ0v) is 15.4. The standard InChI is InChI=1S/C20H21ClN2O3/c1-12(2)26-18-10-6-5-9-17(18)23-20(25)14-11-13(14)19(24)22-16-8-4-3-7-15(16)21/h3-10,12-14H,11H2,1-2H3,(H,22,24)(H,23,25). The van der Waals surface area contributed by atoms with Crippen molar-refractivity contribution >= 4 is 34.8 Å². The molecule has 26 heavy (non-hydrogen) atoms. The number of amides is 2. The topological polar surface area (TPSA) is 67.4 Å². The third-order valence-corrected chi connectivity index (χ3v) is 4.43. The lowest BCUT2D eigenvalue weighted by atomic mass is 10.2. The first-order chi connectivity index (χ1) is 12.5. The predicted octanol–water partition coefficient (Wildman–Crippen LogP) is 4.34. The van der Waals surface area contributed by atoms with Crippen LogP contribution in [-0.2, 0) is 9.59 Å².